The Balaban J connectivity index is 1.48. The van der Waals surface area contributed by atoms with E-state index < -0.39 is 5.91 Å². The van der Waals surface area contributed by atoms with Gasteiger partial charge in [0.25, 0.3) is 11.8 Å². The third kappa shape index (κ3) is 6.10. The van der Waals surface area contributed by atoms with Gasteiger partial charge in [-0.05, 0) is 85.8 Å². The van der Waals surface area contributed by atoms with Crippen LogP contribution in [-0.4, -0.2) is 16.9 Å². The Morgan fingerprint density at radius 1 is 0.756 bits per heavy atom. The Hall–Kier alpha value is -5.01. The number of nitrogens with zero attached hydrogens (tertiary/aromatic N) is 2. The average molecular weight is 563 g/mol. The molecule has 0 heterocycles. The molecule has 2 amide bonds. The van der Waals surface area contributed by atoms with Gasteiger partial charge in [-0.25, -0.2) is 0 Å². The quantitative estimate of drug-likeness (QED) is 0.180. The van der Waals surface area contributed by atoms with Crippen LogP contribution in [0.1, 0.15) is 37.4 Å². The molecule has 7 nitrogen and oxygen atoms in total. The van der Waals surface area contributed by atoms with Crippen molar-refractivity contribution in [1.82, 2.24) is 0 Å². The van der Waals surface area contributed by atoms with Gasteiger partial charge in [0.2, 0.25) is 0 Å². The monoisotopic (exact) mass is 562 g/mol. The van der Waals surface area contributed by atoms with Crippen LogP contribution in [0.4, 0.5) is 22.7 Å². The summed E-state index contributed by atoms with van der Waals surface area (Å²) >= 11 is 5.95. The number of halogens is 1. The number of nitrogens with one attached hydrogen (secondary N) is 2. The SMILES string of the molecule is Cc1ccc(NC(=O)c2ccc(C)c(N=Nc3c(O)c(C(=O)Nc4ccc(Cl)cc4)cc4ccccc34)c2)c(C)c1. The number of rotatable bonds is 6. The highest BCUT2D eigenvalue weighted by atomic mass is 35.5. The van der Waals surface area contributed by atoms with Crippen molar-refractivity contribution in [3.63, 3.8) is 0 Å². The summed E-state index contributed by atoms with van der Waals surface area (Å²) in [7, 11) is 0. The zero-order valence-electron chi connectivity index (χ0n) is 22.7. The number of azo groups is 1. The number of carbonyl (C=O) groups is 2. The van der Waals surface area contributed by atoms with Gasteiger partial charge in [-0.15, -0.1) is 5.11 Å². The van der Waals surface area contributed by atoms with Crippen LogP contribution in [0, 0.1) is 20.8 Å². The fraction of sp³-hybridized carbons (Fsp3) is 0.0909. The first kappa shape index (κ1) is 27.6. The molecule has 0 aromatic heterocycles. The Labute approximate surface area is 242 Å². The molecule has 0 bridgehead atoms. The van der Waals surface area contributed by atoms with Crippen LogP contribution in [0.25, 0.3) is 10.8 Å². The minimum absolute atomic E-state index is 0.0471. The number of benzene rings is 5. The van der Waals surface area contributed by atoms with E-state index in [0.717, 1.165) is 22.4 Å². The fourth-order valence-electron chi connectivity index (χ4n) is 4.43. The number of fused-ring (bicyclic) bond motifs is 1. The van der Waals surface area contributed by atoms with E-state index in [-0.39, 0.29) is 22.9 Å². The molecular weight excluding hydrogens is 536 g/mol. The van der Waals surface area contributed by atoms with Gasteiger partial charge in [0.05, 0.1) is 11.3 Å². The van der Waals surface area contributed by atoms with Gasteiger partial charge in [0, 0.05) is 27.3 Å². The lowest BCUT2D eigenvalue weighted by Crippen LogP contribution is -2.12. The number of hydrogen-bond acceptors (Lipinski definition) is 5. The van der Waals surface area contributed by atoms with Crippen molar-refractivity contribution < 1.29 is 14.7 Å². The van der Waals surface area contributed by atoms with Crippen molar-refractivity contribution >= 4 is 56.9 Å². The highest BCUT2D eigenvalue weighted by Crippen LogP contribution is 2.40. The number of phenols is 1. The number of hydrogen-bond donors (Lipinski definition) is 3. The van der Waals surface area contributed by atoms with Crippen molar-refractivity contribution in [2.45, 2.75) is 20.8 Å². The standard InChI is InChI=1S/C33H27ClN4O3/c1-19-8-15-28(21(3)16-19)36-32(40)23-10-9-20(2)29(18-23)37-38-30-26-7-5-4-6-22(26)17-27(31(30)39)33(41)35-25-13-11-24(34)12-14-25/h4-18,39H,1-3H3,(H,35,41)(H,36,40). The molecule has 204 valence electrons. The molecule has 0 aliphatic heterocycles. The molecule has 0 aliphatic rings. The van der Waals surface area contributed by atoms with Gasteiger partial charge in [-0.1, -0.05) is 59.6 Å². The second-order valence-electron chi connectivity index (χ2n) is 9.78. The van der Waals surface area contributed by atoms with Crippen LogP contribution in [0.2, 0.25) is 5.02 Å². The van der Waals surface area contributed by atoms with Crippen LogP contribution < -0.4 is 10.6 Å². The van der Waals surface area contributed by atoms with Gasteiger partial charge >= 0.3 is 0 Å². The molecular formula is C33H27ClN4O3. The van der Waals surface area contributed by atoms with Gasteiger partial charge in [-0.3, -0.25) is 9.59 Å². The predicted molar refractivity (Wildman–Crippen MR) is 164 cm³/mol. The molecule has 0 saturated carbocycles. The molecule has 0 atom stereocenters. The van der Waals surface area contributed by atoms with Crippen molar-refractivity contribution in [2.75, 3.05) is 10.6 Å². The number of aryl methyl sites for hydroxylation is 3. The van der Waals surface area contributed by atoms with Crippen LogP contribution >= 0.6 is 11.6 Å². The van der Waals surface area contributed by atoms with E-state index in [1.165, 1.54) is 0 Å². The molecule has 41 heavy (non-hydrogen) atoms. The third-order valence-electron chi connectivity index (χ3n) is 6.70. The van der Waals surface area contributed by atoms with Crippen LogP contribution in [0.5, 0.6) is 5.75 Å². The highest BCUT2D eigenvalue weighted by Gasteiger charge is 2.19. The van der Waals surface area contributed by atoms with Crippen LogP contribution in [0.15, 0.2) is 101 Å². The highest BCUT2D eigenvalue weighted by molar-refractivity contribution is 6.30. The first-order chi connectivity index (χ1) is 19.7. The van der Waals surface area contributed by atoms with Crippen molar-refractivity contribution in [2.24, 2.45) is 10.2 Å². The number of anilines is 2. The Morgan fingerprint density at radius 3 is 2.27 bits per heavy atom. The second-order valence-corrected chi connectivity index (χ2v) is 10.2. The summed E-state index contributed by atoms with van der Waals surface area (Å²) in [6.07, 6.45) is 0. The van der Waals surface area contributed by atoms with Crippen molar-refractivity contribution in [1.29, 1.82) is 0 Å². The smallest absolute Gasteiger partial charge is 0.259 e. The van der Waals surface area contributed by atoms with Crippen molar-refractivity contribution in [3.05, 3.63) is 124 Å². The topological polar surface area (TPSA) is 103 Å². The fourth-order valence-corrected chi connectivity index (χ4v) is 4.56. The maximum absolute atomic E-state index is 13.1. The second kappa shape index (κ2) is 11.6. The maximum atomic E-state index is 13.1. The largest absolute Gasteiger partial charge is 0.505 e. The van der Waals surface area contributed by atoms with E-state index in [1.54, 1.807) is 54.6 Å². The molecule has 0 radical (unpaired) electrons. The van der Waals surface area contributed by atoms with Gasteiger partial charge in [0.1, 0.15) is 5.69 Å². The summed E-state index contributed by atoms with van der Waals surface area (Å²) in [5.41, 5.74) is 5.19. The summed E-state index contributed by atoms with van der Waals surface area (Å²) in [6.45, 7) is 5.80. The van der Waals surface area contributed by atoms with Gasteiger partial charge in [0.15, 0.2) is 5.75 Å². The van der Waals surface area contributed by atoms with Gasteiger partial charge in [-0.2, -0.15) is 5.11 Å². The van der Waals surface area contributed by atoms with Crippen molar-refractivity contribution in [3.8, 4) is 5.75 Å². The molecule has 0 unspecified atom stereocenters. The lowest BCUT2D eigenvalue weighted by molar-refractivity contribution is 0.101. The first-order valence-electron chi connectivity index (χ1n) is 12.9. The van der Waals surface area contributed by atoms with Crippen LogP contribution in [-0.2, 0) is 0 Å². The Morgan fingerprint density at radius 2 is 1.51 bits per heavy atom. The molecule has 0 aliphatic carbocycles. The molecule has 8 heteroatoms. The van der Waals surface area contributed by atoms with E-state index >= 15 is 0 Å². The van der Waals surface area contributed by atoms with Crippen LogP contribution in [0.3, 0.4) is 0 Å². The molecule has 3 N–H and O–H groups in total. The van der Waals surface area contributed by atoms with E-state index in [2.05, 4.69) is 20.9 Å². The average Bonchev–Trinajstić information content (AvgIpc) is 2.95. The maximum Gasteiger partial charge on any atom is 0.259 e. The summed E-state index contributed by atoms with van der Waals surface area (Å²) < 4.78 is 0. The summed E-state index contributed by atoms with van der Waals surface area (Å²) in [5.74, 6) is -1.09. The predicted octanol–water partition coefficient (Wildman–Crippen LogP) is 9.04. The molecule has 5 aromatic rings. The minimum atomic E-state index is -0.506. The summed E-state index contributed by atoms with van der Waals surface area (Å²) in [6, 6.07) is 26.5. The first-order valence-corrected chi connectivity index (χ1v) is 13.3. The lowest BCUT2D eigenvalue weighted by Gasteiger charge is -2.12. The lowest BCUT2D eigenvalue weighted by atomic mass is 10.0. The normalized spacial score (nSPS) is 11.1. The molecule has 0 spiro atoms. The van der Waals surface area contributed by atoms with E-state index in [4.69, 9.17) is 11.6 Å². The number of aromatic hydroxyl groups is 1. The number of phenolic OH excluding ortho intramolecular Hbond substituents is 1. The Kier molecular flexibility index (Phi) is 7.81. The zero-order valence-corrected chi connectivity index (χ0v) is 23.5. The number of amides is 2. The summed E-state index contributed by atoms with van der Waals surface area (Å²) in [4.78, 5) is 26.2. The van der Waals surface area contributed by atoms with E-state index in [1.807, 2.05) is 57.2 Å². The van der Waals surface area contributed by atoms with Gasteiger partial charge < -0.3 is 15.7 Å². The van der Waals surface area contributed by atoms with E-state index in [9.17, 15) is 14.7 Å². The number of carbonyl (C=O) groups excluding carboxylic acids is 2. The molecule has 0 saturated heterocycles. The Bertz CT molecular complexity index is 1830. The third-order valence-corrected chi connectivity index (χ3v) is 6.95. The zero-order chi connectivity index (χ0) is 29.1. The summed E-state index contributed by atoms with van der Waals surface area (Å²) in [5, 5.41) is 27.6. The molecule has 5 aromatic carbocycles. The molecule has 5 rings (SSSR count). The molecule has 0 fully saturated rings. The van der Waals surface area contributed by atoms with E-state index in [0.29, 0.717) is 32.7 Å². The minimum Gasteiger partial charge on any atom is -0.505 e.